The predicted molar refractivity (Wildman–Crippen MR) is 86.3 cm³/mol. The second-order valence-corrected chi connectivity index (χ2v) is 6.18. The average Bonchev–Trinajstić information content (AvgIpc) is 3.28. The second kappa shape index (κ2) is 5.49. The van der Waals surface area contributed by atoms with Crippen molar-refractivity contribution in [2.75, 3.05) is 36.0 Å². The number of nitrogens with one attached hydrogen (secondary N) is 2. The highest BCUT2D eigenvalue weighted by Crippen LogP contribution is 2.35. The second-order valence-electron chi connectivity index (χ2n) is 6.18. The molecule has 2 unspecified atom stereocenters. The molecule has 2 aliphatic heterocycles. The summed E-state index contributed by atoms with van der Waals surface area (Å²) in [4.78, 5) is 4.66. The van der Waals surface area contributed by atoms with Crippen molar-refractivity contribution in [3.05, 3.63) is 42.2 Å². The highest BCUT2D eigenvalue weighted by Gasteiger charge is 2.40. The first-order chi connectivity index (χ1) is 11.2. The number of amidine groups is 1. The smallest absolute Gasteiger partial charge is 0.212 e. The number of anilines is 2. The molecule has 1 aromatic carbocycles. The molecule has 0 amide bonds. The monoisotopic (exact) mass is 310 g/mol. The first kappa shape index (κ1) is 13.9. The first-order valence-electron chi connectivity index (χ1n) is 7.72. The summed E-state index contributed by atoms with van der Waals surface area (Å²) in [6.45, 7) is 4.03. The molecule has 118 valence electrons. The van der Waals surface area contributed by atoms with Crippen molar-refractivity contribution in [2.24, 2.45) is 17.0 Å². The van der Waals surface area contributed by atoms with E-state index >= 15 is 0 Å². The van der Waals surface area contributed by atoms with E-state index in [1.807, 2.05) is 6.07 Å². The quantitative estimate of drug-likeness (QED) is 0.518. The van der Waals surface area contributed by atoms with Gasteiger partial charge in [0.15, 0.2) is 5.82 Å². The number of aromatic nitrogens is 1. The lowest BCUT2D eigenvalue weighted by molar-refractivity contribution is 0.412. The number of rotatable bonds is 3. The molecule has 7 nitrogen and oxygen atoms in total. The van der Waals surface area contributed by atoms with Gasteiger partial charge in [0.05, 0.1) is 0 Å². The standard InChI is InChI=1S/C16H18N6O/c17-16(19-18)14-6-15(20-23-14)22-9-11-7-21(8-12(11)10-22)13-4-2-1-3-5-13/h1-6,11-12,17-18H,7-10H2. The fourth-order valence-corrected chi connectivity index (χ4v) is 3.61. The molecule has 0 saturated carbocycles. The van der Waals surface area contributed by atoms with Crippen LogP contribution in [0.15, 0.2) is 46.0 Å². The molecular formula is C16H18N6O. The summed E-state index contributed by atoms with van der Waals surface area (Å²) < 4.78 is 5.10. The molecular weight excluding hydrogens is 292 g/mol. The number of hydrogen-bond donors (Lipinski definition) is 2. The topological polar surface area (TPSA) is 92.6 Å². The van der Waals surface area contributed by atoms with E-state index in [-0.39, 0.29) is 11.6 Å². The Bertz CT molecular complexity index is 713. The van der Waals surface area contributed by atoms with Gasteiger partial charge in [0.2, 0.25) is 11.6 Å². The van der Waals surface area contributed by atoms with Gasteiger partial charge >= 0.3 is 0 Å². The van der Waals surface area contributed by atoms with E-state index in [1.54, 1.807) is 6.07 Å². The zero-order valence-electron chi connectivity index (χ0n) is 12.6. The molecule has 0 aliphatic carbocycles. The molecule has 23 heavy (non-hydrogen) atoms. The van der Waals surface area contributed by atoms with E-state index in [1.165, 1.54) is 5.69 Å². The zero-order valence-corrected chi connectivity index (χ0v) is 12.6. The predicted octanol–water partition coefficient (Wildman–Crippen LogP) is 2.60. The van der Waals surface area contributed by atoms with Crippen LogP contribution in [0.4, 0.5) is 11.5 Å². The van der Waals surface area contributed by atoms with Crippen molar-refractivity contribution < 1.29 is 4.52 Å². The molecule has 2 aliphatic rings. The molecule has 7 heteroatoms. The third-order valence-electron chi connectivity index (χ3n) is 4.77. The molecule has 4 rings (SSSR count). The van der Waals surface area contributed by atoms with Crippen LogP contribution in [0.3, 0.4) is 0 Å². The van der Waals surface area contributed by atoms with Crippen LogP contribution >= 0.6 is 0 Å². The van der Waals surface area contributed by atoms with Crippen LogP contribution in [0.5, 0.6) is 0 Å². The number of benzene rings is 1. The summed E-state index contributed by atoms with van der Waals surface area (Å²) in [5, 5.41) is 14.6. The minimum atomic E-state index is -0.196. The van der Waals surface area contributed by atoms with Crippen LogP contribution in [0.2, 0.25) is 0 Å². The maximum atomic E-state index is 7.50. The summed E-state index contributed by atoms with van der Waals surface area (Å²) in [5.41, 5.74) is 8.16. The third-order valence-corrected chi connectivity index (χ3v) is 4.77. The maximum absolute atomic E-state index is 7.50. The third kappa shape index (κ3) is 2.48. The van der Waals surface area contributed by atoms with Gasteiger partial charge in [-0.25, -0.2) is 5.53 Å². The first-order valence-corrected chi connectivity index (χ1v) is 7.72. The molecule has 2 fully saturated rings. The van der Waals surface area contributed by atoms with Crippen LogP contribution in [0.25, 0.3) is 0 Å². The molecule has 2 atom stereocenters. The minimum absolute atomic E-state index is 0.196. The van der Waals surface area contributed by atoms with Gasteiger partial charge in [0, 0.05) is 49.8 Å². The van der Waals surface area contributed by atoms with Gasteiger partial charge < -0.3 is 14.3 Å². The van der Waals surface area contributed by atoms with Crippen LogP contribution in [0, 0.1) is 22.8 Å². The lowest BCUT2D eigenvalue weighted by Crippen LogP contribution is -2.28. The summed E-state index contributed by atoms with van der Waals surface area (Å²) in [6.07, 6.45) is 0. The van der Waals surface area contributed by atoms with E-state index in [0.717, 1.165) is 32.0 Å². The Morgan fingerprint density at radius 1 is 1.09 bits per heavy atom. The van der Waals surface area contributed by atoms with Crippen molar-refractivity contribution in [1.82, 2.24) is 5.16 Å². The molecule has 2 N–H and O–H groups in total. The summed E-state index contributed by atoms with van der Waals surface area (Å²) in [7, 11) is 0. The van der Waals surface area contributed by atoms with Gasteiger partial charge in [-0.2, -0.15) is 0 Å². The van der Waals surface area contributed by atoms with Gasteiger partial charge in [-0.1, -0.05) is 23.4 Å². The fraction of sp³-hybridized carbons (Fsp3) is 0.375. The van der Waals surface area contributed by atoms with Crippen molar-refractivity contribution in [1.29, 1.82) is 10.9 Å². The van der Waals surface area contributed by atoms with Crippen LogP contribution in [-0.2, 0) is 0 Å². The van der Waals surface area contributed by atoms with Crippen molar-refractivity contribution >= 4 is 17.3 Å². The van der Waals surface area contributed by atoms with Crippen molar-refractivity contribution in [3.8, 4) is 0 Å². The molecule has 0 spiro atoms. The SMILES string of the molecule is N=NC(=N)c1cc(N2CC3CN(c4ccccc4)CC3C2)no1. The summed E-state index contributed by atoms with van der Waals surface area (Å²) in [6, 6.07) is 12.2. The van der Waals surface area contributed by atoms with Gasteiger partial charge in [0.1, 0.15) is 0 Å². The van der Waals surface area contributed by atoms with Crippen molar-refractivity contribution in [3.63, 3.8) is 0 Å². The average molecular weight is 310 g/mol. The molecule has 2 saturated heterocycles. The highest BCUT2D eigenvalue weighted by atomic mass is 16.5. The van der Waals surface area contributed by atoms with Gasteiger partial charge in [-0.05, 0) is 12.1 Å². The van der Waals surface area contributed by atoms with Crippen LogP contribution in [0.1, 0.15) is 5.76 Å². The van der Waals surface area contributed by atoms with Gasteiger partial charge in [-0.3, -0.25) is 5.41 Å². The van der Waals surface area contributed by atoms with Crippen molar-refractivity contribution in [2.45, 2.75) is 0 Å². The minimum Gasteiger partial charge on any atom is -0.371 e. The fourth-order valence-electron chi connectivity index (χ4n) is 3.61. The van der Waals surface area contributed by atoms with Crippen LogP contribution in [-0.4, -0.2) is 37.2 Å². The Hall–Kier alpha value is -2.70. The summed E-state index contributed by atoms with van der Waals surface area (Å²) in [5.74, 6) is 2.04. The zero-order chi connectivity index (χ0) is 15.8. The van der Waals surface area contributed by atoms with Crippen LogP contribution < -0.4 is 9.80 Å². The Kier molecular flexibility index (Phi) is 3.33. The summed E-state index contributed by atoms with van der Waals surface area (Å²) >= 11 is 0. The largest absolute Gasteiger partial charge is 0.371 e. The highest BCUT2D eigenvalue weighted by molar-refractivity contribution is 5.94. The Morgan fingerprint density at radius 3 is 2.39 bits per heavy atom. The molecule has 0 radical (unpaired) electrons. The van der Waals surface area contributed by atoms with Gasteiger partial charge in [-0.15, -0.1) is 5.11 Å². The van der Waals surface area contributed by atoms with E-state index < -0.39 is 0 Å². The molecule has 2 aromatic rings. The normalized spacial score (nSPS) is 23.1. The van der Waals surface area contributed by atoms with Gasteiger partial charge in [0.25, 0.3) is 0 Å². The lowest BCUT2D eigenvalue weighted by atomic mass is 10.0. The molecule has 1 aromatic heterocycles. The Balaban J connectivity index is 1.43. The number of hydrogen-bond acceptors (Lipinski definition) is 6. The van der Waals surface area contributed by atoms with E-state index in [2.05, 4.69) is 44.3 Å². The number of nitrogens with zero attached hydrogens (tertiary/aromatic N) is 4. The van der Waals surface area contributed by atoms with E-state index in [4.69, 9.17) is 15.5 Å². The Morgan fingerprint density at radius 2 is 1.74 bits per heavy atom. The molecule has 0 bridgehead atoms. The number of para-hydroxylation sites is 1. The lowest BCUT2D eigenvalue weighted by Gasteiger charge is -2.22. The van der Waals surface area contributed by atoms with E-state index in [9.17, 15) is 0 Å². The maximum Gasteiger partial charge on any atom is 0.212 e. The number of fused-ring (bicyclic) bond motifs is 1. The van der Waals surface area contributed by atoms with E-state index in [0.29, 0.717) is 11.8 Å². The Labute approximate surface area is 133 Å². The molecule has 3 heterocycles.